The minimum absolute atomic E-state index is 0.0425. The van der Waals surface area contributed by atoms with Crippen LogP contribution in [0.3, 0.4) is 0 Å². The molecule has 0 amide bonds. The average molecular weight is 260 g/mol. The van der Waals surface area contributed by atoms with Crippen molar-refractivity contribution in [3.8, 4) is 0 Å². The van der Waals surface area contributed by atoms with Gasteiger partial charge in [0, 0.05) is 23.5 Å². The van der Waals surface area contributed by atoms with E-state index in [1.165, 1.54) is 16.0 Å². The number of rotatable bonds is 3. The minimum atomic E-state index is 0.0425. The van der Waals surface area contributed by atoms with E-state index in [1.54, 1.807) is 11.3 Å². The van der Waals surface area contributed by atoms with Gasteiger partial charge in [-0.25, -0.2) is 0 Å². The lowest BCUT2D eigenvalue weighted by atomic mass is 9.81. The first-order chi connectivity index (χ1) is 8.48. The molecule has 0 spiro atoms. The largest absolute Gasteiger partial charge is 0.324 e. The van der Waals surface area contributed by atoms with E-state index < -0.39 is 0 Å². The lowest BCUT2D eigenvalue weighted by molar-refractivity contribution is 0.569. The first-order valence-electron chi connectivity index (χ1n) is 6.21. The van der Waals surface area contributed by atoms with Crippen LogP contribution in [-0.4, -0.2) is 4.98 Å². The Morgan fingerprint density at radius 2 is 2.00 bits per heavy atom. The van der Waals surface area contributed by atoms with Crippen LogP contribution in [0.4, 0.5) is 0 Å². The van der Waals surface area contributed by atoms with Crippen molar-refractivity contribution < 1.29 is 0 Å². The molecule has 0 radical (unpaired) electrons. The van der Waals surface area contributed by atoms with Gasteiger partial charge in [0.2, 0.25) is 0 Å². The molecule has 18 heavy (non-hydrogen) atoms. The van der Waals surface area contributed by atoms with Crippen molar-refractivity contribution in [2.75, 3.05) is 0 Å². The van der Waals surface area contributed by atoms with Crippen LogP contribution in [0.15, 0.2) is 36.0 Å². The molecule has 1 atom stereocenters. The molecule has 2 rings (SSSR count). The molecule has 1 unspecified atom stereocenters. The molecule has 96 valence electrons. The van der Waals surface area contributed by atoms with E-state index in [0.29, 0.717) is 0 Å². The number of benzene rings is 1. The van der Waals surface area contributed by atoms with Gasteiger partial charge in [-0.05, 0) is 16.5 Å². The van der Waals surface area contributed by atoms with Gasteiger partial charge >= 0.3 is 0 Å². The van der Waals surface area contributed by atoms with Gasteiger partial charge in [0.15, 0.2) is 0 Å². The first-order valence-corrected chi connectivity index (χ1v) is 7.09. The molecular formula is C15H20N2S. The van der Waals surface area contributed by atoms with Crippen LogP contribution in [0.25, 0.3) is 0 Å². The van der Waals surface area contributed by atoms with Gasteiger partial charge in [-0.2, -0.15) is 0 Å². The normalized spacial score (nSPS) is 13.6. The maximum Gasteiger partial charge on any atom is 0.0794 e. The molecule has 0 aliphatic heterocycles. The highest BCUT2D eigenvalue weighted by Crippen LogP contribution is 2.30. The molecule has 2 N–H and O–H groups in total. The summed E-state index contributed by atoms with van der Waals surface area (Å²) in [6, 6.07) is 8.52. The molecule has 0 bridgehead atoms. The number of hydrogen-bond donors (Lipinski definition) is 1. The summed E-state index contributed by atoms with van der Waals surface area (Å²) in [6.07, 6.45) is 2.77. The highest BCUT2D eigenvalue weighted by molar-refractivity contribution is 7.09. The Morgan fingerprint density at radius 1 is 1.28 bits per heavy atom. The van der Waals surface area contributed by atoms with Crippen LogP contribution in [0.1, 0.15) is 42.8 Å². The molecular weight excluding hydrogens is 240 g/mol. The predicted octanol–water partition coefficient (Wildman–Crippen LogP) is 3.68. The third-order valence-corrected chi connectivity index (χ3v) is 3.87. The summed E-state index contributed by atoms with van der Waals surface area (Å²) < 4.78 is 0. The second-order valence-electron chi connectivity index (χ2n) is 5.62. The van der Waals surface area contributed by atoms with Gasteiger partial charge < -0.3 is 5.73 Å². The van der Waals surface area contributed by atoms with E-state index in [4.69, 9.17) is 5.73 Å². The van der Waals surface area contributed by atoms with E-state index in [2.05, 4.69) is 50.0 Å². The zero-order valence-electron chi connectivity index (χ0n) is 11.2. The van der Waals surface area contributed by atoms with Crippen LogP contribution in [0.2, 0.25) is 0 Å². The van der Waals surface area contributed by atoms with Crippen molar-refractivity contribution in [1.82, 2.24) is 4.98 Å². The fourth-order valence-corrected chi connectivity index (χ4v) is 2.83. The SMILES string of the molecule is CC(C)(C)c1ccccc1C(N)Cc1cncs1. The van der Waals surface area contributed by atoms with Crippen molar-refractivity contribution in [2.45, 2.75) is 38.6 Å². The van der Waals surface area contributed by atoms with E-state index in [0.717, 1.165) is 6.42 Å². The maximum atomic E-state index is 6.36. The quantitative estimate of drug-likeness (QED) is 0.914. The summed E-state index contributed by atoms with van der Waals surface area (Å²) in [5.74, 6) is 0. The highest BCUT2D eigenvalue weighted by atomic mass is 32.1. The molecule has 0 saturated carbocycles. The van der Waals surface area contributed by atoms with Crippen molar-refractivity contribution in [2.24, 2.45) is 5.73 Å². The fraction of sp³-hybridized carbons (Fsp3) is 0.400. The van der Waals surface area contributed by atoms with Crippen LogP contribution < -0.4 is 5.73 Å². The van der Waals surface area contributed by atoms with Crippen molar-refractivity contribution in [3.63, 3.8) is 0 Å². The highest BCUT2D eigenvalue weighted by Gasteiger charge is 2.20. The van der Waals surface area contributed by atoms with Gasteiger partial charge in [-0.15, -0.1) is 11.3 Å². The number of nitrogens with two attached hydrogens (primary N) is 1. The van der Waals surface area contributed by atoms with Crippen LogP contribution in [-0.2, 0) is 11.8 Å². The monoisotopic (exact) mass is 260 g/mol. The van der Waals surface area contributed by atoms with E-state index in [9.17, 15) is 0 Å². The van der Waals surface area contributed by atoms with Gasteiger partial charge in [0.25, 0.3) is 0 Å². The molecule has 1 aromatic heterocycles. The number of thiazole rings is 1. The molecule has 1 heterocycles. The number of aromatic nitrogens is 1. The first kappa shape index (κ1) is 13.2. The Kier molecular flexibility index (Phi) is 3.83. The Morgan fingerprint density at radius 3 is 2.61 bits per heavy atom. The third kappa shape index (κ3) is 2.98. The van der Waals surface area contributed by atoms with E-state index in [-0.39, 0.29) is 11.5 Å². The zero-order valence-corrected chi connectivity index (χ0v) is 12.0. The summed E-state index contributed by atoms with van der Waals surface area (Å²) >= 11 is 1.67. The lowest BCUT2D eigenvalue weighted by Gasteiger charge is -2.25. The summed E-state index contributed by atoms with van der Waals surface area (Å²) in [5.41, 5.74) is 10.9. The Hall–Kier alpha value is -1.19. The van der Waals surface area contributed by atoms with Crippen molar-refractivity contribution in [3.05, 3.63) is 52.0 Å². The number of hydrogen-bond acceptors (Lipinski definition) is 3. The number of nitrogens with zero attached hydrogens (tertiary/aromatic N) is 1. The lowest BCUT2D eigenvalue weighted by Crippen LogP contribution is -2.21. The Balaban J connectivity index is 2.27. The standard InChI is InChI=1S/C15H20N2S/c1-15(2,3)13-7-5-4-6-12(13)14(16)8-11-9-17-10-18-11/h4-7,9-10,14H,8,16H2,1-3H3. The van der Waals surface area contributed by atoms with Gasteiger partial charge in [-0.1, -0.05) is 45.0 Å². The molecule has 3 heteroatoms. The smallest absolute Gasteiger partial charge is 0.0794 e. The Bertz CT molecular complexity index is 497. The van der Waals surface area contributed by atoms with Crippen LogP contribution >= 0.6 is 11.3 Å². The molecule has 0 aliphatic rings. The van der Waals surface area contributed by atoms with Gasteiger partial charge in [0.05, 0.1) is 5.51 Å². The van der Waals surface area contributed by atoms with E-state index >= 15 is 0 Å². The van der Waals surface area contributed by atoms with Crippen molar-refractivity contribution in [1.29, 1.82) is 0 Å². The summed E-state index contributed by atoms with van der Waals surface area (Å²) in [6.45, 7) is 6.68. The Labute approximate surface area is 113 Å². The molecule has 2 aromatic rings. The summed E-state index contributed by atoms with van der Waals surface area (Å²) in [4.78, 5) is 5.34. The van der Waals surface area contributed by atoms with Crippen LogP contribution in [0.5, 0.6) is 0 Å². The third-order valence-electron chi connectivity index (χ3n) is 3.07. The topological polar surface area (TPSA) is 38.9 Å². The molecule has 0 fully saturated rings. The molecule has 0 saturated heterocycles. The molecule has 0 aliphatic carbocycles. The van der Waals surface area contributed by atoms with Gasteiger partial charge in [0.1, 0.15) is 0 Å². The fourth-order valence-electron chi connectivity index (χ4n) is 2.17. The molecule has 1 aromatic carbocycles. The zero-order chi connectivity index (χ0) is 13.2. The summed E-state index contributed by atoms with van der Waals surface area (Å²) in [7, 11) is 0. The second-order valence-corrected chi connectivity index (χ2v) is 6.59. The predicted molar refractivity (Wildman–Crippen MR) is 77.9 cm³/mol. The minimum Gasteiger partial charge on any atom is -0.324 e. The van der Waals surface area contributed by atoms with E-state index in [1.807, 2.05) is 11.7 Å². The van der Waals surface area contributed by atoms with Crippen LogP contribution in [0, 0.1) is 0 Å². The second kappa shape index (κ2) is 5.21. The summed E-state index contributed by atoms with van der Waals surface area (Å²) in [5, 5.41) is 0. The van der Waals surface area contributed by atoms with Crippen molar-refractivity contribution >= 4 is 11.3 Å². The molecule has 2 nitrogen and oxygen atoms in total. The maximum absolute atomic E-state index is 6.36. The van der Waals surface area contributed by atoms with Gasteiger partial charge in [-0.3, -0.25) is 4.98 Å². The average Bonchev–Trinajstić information content (AvgIpc) is 2.80.